The Morgan fingerprint density at radius 3 is 2.42 bits per heavy atom. The van der Waals surface area contributed by atoms with E-state index in [0.29, 0.717) is 0 Å². The molecule has 0 aliphatic rings. The second-order valence-electron chi connectivity index (χ2n) is 4.71. The van der Waals surface area contributed by atoms with Gasteiger partial charge in [0, 0.05) is 31.7 Å². The summed E-state index contributed by atoms with van der Waals surface area (Å²) in [5.41, 5.74) is 4.76. The molecular weight excluding hydrogens is 232 g/mol. The van der Waals surface area contributed by atoms with Crippen molar-refractivity contribution >= 4 is 17.8 Å². The largest absolute Gasteiger partial charge is 0.378 e. The summed E-state index contributed by atoms with van der Waals surface area (Å²) in [6, 6.07) is 12.6. The van der Waals surface area contributed by atoms with Crippen molar-refractivity contribution in [2.75, 3.05) is 19.0 Å². The highest BCUT2D eigenvalue weighted by molar-refractivity contribution is 5.71. The fraction of sp³-hybridized carbons (Fsp3) is 0.235. The number of benzene rings is 1. The number of anilines is 1. The van der Waals surface area contributed by atoms with Gasteiger partial charge in [-0.2, -0.15) is 0 Å². The minimum Gasteiger partial charge on any atom is -0.378 e. The lowest BCUT2D eigenvalue weighted by atomic mass is 10.1. The minimum absolute atomic E-state index is 0.958. The van der Waals surface area contributed by atoms with Gasteiger partial charge in [-0.1, -0.05) is 37.3 Å². The third-order valence-corrected chi connectivity index (χ3v) is 3.13. The van der Waals surface area contributed by atoms with E-state index < -0.39 is 0 Å². The Labute approximate surface area is 115 Å². The van der Waals surface area contributed by atoms with Gasteiger partial charge in [0.2, 0.25) is 0 Å². The molecule has 0 aliphatic carbocycles. The lowest BCUT2D eigenvalue weighted by Gasteiger charge is -2.11. The van der Waals surface area contributed by atoms with Gasteiger partial charge in [-0.25, -0.2) is 0 Å². The average Bonchev–Trinajstić information content (AvgIpc) is 2.45. The number of aryl methyl sites for hydroxylation is 1. The van der Waals surface area contributed by atoms with Crippen LogP contribution in [0.15, 0.2) is 42.6 Å². The molecule has 0 unspecified atom stereocenters. The smallest absolute Gasteiger partial charge is 0.0473 e. The molecule has 19 heavy (non-hydrogen) atoms. The second kappa shape index (κ2) is 6.19. The topological polar surface area (TPSA) is 16.1 Å². The number of rotatable bonds is 4. The van der Waals surface area contributed by atoms with Gasteiger partial charge in [-0.05, 0) is 35.7 Å². The zero-order chi connectivity index (χ0) is 13.7. The number of hydrogen-bond acceptors (Lipinski definition) is 2. The van der Waals surface area contributed by atoms with Crippen LogP contribution in [0.4, 0.5) is 5.69 Å². The van der Waals surface area contributed by atoms with E-state index in [9.17, 15) is 0 Å². The van der Waals surface area contributed by atoms with Crippen LogP contribution in [0.3, 0.4) is 0 Å². The van der Waals surface area contributed by atoms with E-state index in [1.807, 2.05) is 26.4 Å². The molecule has 2 nitrogen and oxygen atoms in total. The maximum absolute atomic E-state index is 4.39. The Morgan fingerprint density at radius 1 is 1.05 bits per heavy atom. The van der Waals surface area contributed by atoms with Crippen molar-refractivity contribution in [1.82, 2.24) is 4.98 Å². The molecule has 0 atom stereocenters. The molecule has 1 aromatic heterocycles. The number of nitrogens with zero attached hydrogens (tertiary/aromatic N) is 2. The van der Waals surface area contributed by atoms with Gasteiger partial charge in [0.05, 0.1) is 0 Å². The zero-order valence-corrected chi connectivity index (χ0v) is 11.8. The van der Waals surface area contributed by atoms with E-state index in [1.165, 1.54) is 16.8 Å². The maximum Gasteiger partial charge on any atom is 0.0473 e. The summed E-state index contributed by atoms with van der Waals surface area (Å²) in [7, 11) is 4.10. The van der Waals surface area contributed by atoms with E-state index in [0.717, 1.165) is 12.1 Å². The normalized spacial score (nSPS) is 10.9. The lowest BCUT2D eigenvalue weighted by Crippen LogP contribution is -2.07. The molecule has 0 aliphatic heterocycles. The van der Waals surface area contributed by atoms with E-state index in [1.54, 1.807) is 0 Å². The molecule has 2 rings (SSSR count). The van der Waals surface area contributed by atoms with Gasteiger partial charge in [-0.15, -0.1) is 0 Å². The van der Waals surface area contributed by atoms with Crippen molar-refractivity contribution in [2.24, 2.45) is 0 Å². The standard InChI is InChI=1S/C17H20N2/c1-4-17-15(6-5-13-18-17)10-7-14-8-11-16(12-9-14)19(2)3/h5-13H,4H2,1-3H3. The summed E-state index contributed by atoms with van der Waals surface area (Å²) in [6.07, 6.45) is 7.08. The molecule has 0 fully saturated rings. The van der Waals surface area contributed by atoms with Gasteiger partial charge >= 0.3 is 0 Å². The molecule has 0 saturated heterocycles. The predicted molar refractivity (Wildman–Crippen MR) is 83.3 cm³/mol. The molecule has 1 aromatic carbocycles. The summed E-state index contributed by atoms with van der Waals surface area (Å²) in [4.78, 5) is 6.49. The number of aromatic nitrogens is 1. The van der Waals surface area contributed by atoms with Crippen LogP contribution < -0.4 is 4.90 Å². The third-order valence-electron chi connectivity index (χ3n) is 3.13. The van der Waals surface area contributed by atoms with Crippen LogP contribution in [0.1, 0.15) is 23.7 Å². The van der Waals surface area contributed by atoms with Crippen molar-refractivity contribution in [2.45, 2.75) is 13.3 Å². The van der Waals surface area contributed by atoms with Gasteiger partial charge < -0.3 is 4.90 Å². The molecule has 0 amide bonds. The fourth-order valence-corrected chi connectivity index (χ4v) is 1.97. The van der Waals surface area contributed by atoms with Crippen LogP contribution in [-0.4, -0.2) is 19.1 Å². The monoisotopic (exact) mass is 252 g/mol. The number of pyridine rings is 1. The van der Waals surface area contributed by atoms with Crippen molar-refractivity contribution in [1.29, 1.82) is 0 Å². The summed E-state index contributed by atoms with van der Waals surface area (Å²) in [5.74, 6) is 0. The van der Waals surface area contributed by atoms with Crippen molar-refractivity contribution in [3.8, 4) is 0 Å². The molecule has 0 N–H and O–H groups in total. The Morgan fingerprint density at radius 2 is 1.79 bits per heavy atom. The Bertz CT molecular complexity index is 554. The van der Waals surface area contributed by atoms with Crippen LogP contribution in [0.5, 0.6) is 0 Å². The Hall–Kier alpha value is -2.09. The van der Waals surface area contributed by atoms with Crippen LogP contribution in [0, 0.1) is 0 Å². The molecule has 2 aromatic rings. The highest BCUT2D eigenvalue weighted by Crippen LogP contribution is 2.15. The number of hydrogen-bond donors (Lipinski definition) is 0. The predicted octanol–water partition coefficient (Wildman–Crippen LogP) is 3.88. The summed E-state index contributed by atoms with van der Waals surface area (Å²) in [6.45, 7) is 2.13. The summed E-state index contributed by atoms with van der Waals surface area (Å²) < 4.78 is 0. The quantitative estimate of drug-likeness (QED) is 0.821. The molecule has 0 spiro atoms. The first-order chi connectivity index (χ1) is 9.20. The van der Waals surface area contributed by atoms with Crippen molar-refractivity contribution in [3.63, 3.8) is 0 Å². The van der Waals surface area contributed by atoms with E-state index >= 15 is 0 Å². The average molecular weight is 252 g/mol. The van der Waals surface area contributed by atoms with E-state index in [2.05, 4.69) is 59.3 Å². The zero-order valence-electron chi connectivity index (χ0n) is 11.8. The lowest BCUT2D eigenvalue weighted by molar-refractivity contribution is 1.03. The van der Waals surface area contributed by atoms with Gasteiger partial charge in [-0.3, -0.25) is 4.98 Å². The molecule has 0 saturated carbocycles. The highest BCUT2D eigenvalue weighted by Gasteiger charge is 1.97. The Balaban J connectivity index is 2.18. The van der Waals surface area contributed by atoms with Crippen LogP contribution >= 0.6 is 0 Å². The highest BCUT2D eigenvalue weighted by atomic mass is 15.1. The van der Waals surface area contributed by atoms with E-state index in [-0.39, 0.29) is 0 Å². The molecule has 2 heteroatoms. The van der Waals surface area contributed by atoms with Crippen molar-refractivity contribution in [3.05, 3.63) is 59.4 Å². The first kappa shape index (κ1) is 13.3. The summed E-state index contributed by atoms with van der Waals surface area (Å²) >= 11 is 0. The Kier molecular flexibility index (Phi) is 4.35. The molecule has 98 valence electrons. The summed E-state index contributed by atoms with van der Waals surface area (Å²) in [5, 5.41) is 0. The van der Waals surface area contributed by atoms with Gasteiger partial charge in [0.25, 0.3) is 0 Å². The first-order valence-corrected chi connectivity index (χ1v) is 6.60. The molecule has 0 bridgehead atoms. The molecular formula is C17H20N2. The van der Waals surface area contributed by atoms with Crippen molar-refractivity contribution < 1.29 is 0 Å². The first-order valence-electron chi connectivity index (χ1n) is 6.60. The van der Waals surface area contributed by atoms with Gasteiger partial charge in [0.1, 0.15) is 0 Å². The van der Waals surface area contributed by atoms with Crippen LogP contribution in [0.25, 0.3) is 12.2 Å². The minimum atomic E-state index is 0.958. The van der Waals surface area contributed by atoms with E-state index in [4.69, 9.17) is 0 Å². The maximum atomic E-state index is 4.39. The van der Waals surface area contributed by atoms with Crippen LogP contribution in [0.2, 0.25) is 0 Å². The fourth-order valence-electron chi connectivity index (χ4n) is 1.97. The SMILES string of the molecule is CCc1ncccc1C=Cc1ccc(N(C)C)cc1. The third kappa shape index (κ3) is 3.44. The van der Waals surface area contributed by atoms with Crippen LogP contribution in [-0.2, 0) is 6.42 Å². The molecule has 1 heterocycles. The van der Waals surface area contributed by atoms with Gasteiger partial charge in [0.15, 0.2) is 0 Å². The molecule has 0 radical (unpaired) electrons. The second-order valence-corrected chi connectivity index (χ2v) is 4.71.